The molecule has 0 heterocycles. The Balaban J connectivity index is 1.98. The summed E-state index contributed by atoms with van der Waals surface area (Å²) >= 11 is 0. The summed E-state index contributed by atoms with van der Waals surface area (Å²) < 4.78 is 4.76. The number of nitrogens with zero attached hydrogens (tertiary/aromatic N) is 1. The van der Waals surface area contributed by atoms with E-state index in [1.807, 2.05) is 30.3 Å². The molecule has 0 radical (unpaired) electrons. The number of rotatable bonds is 8. The Bertz CT molecular complexity index is 777. The minimum Gasteiger partial charge on any atom is -0.467 e. The highest BCUT2D eigenvalue weighted by Crippen LogP contribution is 2.14. The third kappa shape index (κ3) is 5.70. The zero-order valence-electron chi connectivity index (χ0n) is 14.4. The van der Waals surface area contributed by atoms with Crippen molar-refractivity contribution in [2.45, 2.75) is 25.3 Å². The second-order valence-electron chi connectivity index (χ2n) is 5.77. The molecule has 2 aromatic rings. The van der Waals surface area contributed by atoms with E-state index in [9.17, 15) is 19.7 Å². The number of nitro benzene ring substituents is 1. The number of nitro groups is 1. The molecule has 0 saturated carbocycles. The van der Waals surface area contributed by atoms with Crippen molar-refractivity contribution in [3.8, 4) is 0 Å². The van der Waals surface area contributed by atoms with E-state index in [0.717, 1.165) is 5.56 Å². The van der Waals surface area contributed by atoms with Crippen molar-refractivity contribution in [3.05, 3.63) is 75.8 Å². The van der Waals surface area contributed by atoms with Gasteiger partial charge in [-0.3, -0.25) is 14.9 Å². The summed E-state index contributed by atoms with van der Waals surface area (Å²) in [5, 5.41) is 13.5. The Morgan fingerprint density at radius 1 is 1.12 bits per heavy atom. The summed E-state index contributed by atoms with van der Waals surface area (Å²) in [5.41, 5.74) is 1.47. The molecular weight excluding hydrogens is 336 g/mol. The molecule has 7 nitrogen and oxygen atoms in total. The second-order valence-corrected chi connectivity index (χ2v) is 5.77. The molecule has 26 heavy (non-hydrogen) atoms. The molecule has 0 saturated heterocycles. The maximum atomic E-state index is 12.2. The molecule has 0 spiro atoms. The number of ether oxygens (including phenoxy) is 1. The highest BCUT2D eigenvalue weighted by molar-refractivity contribution is 5.85. The zero-order valence-corrected chi connectivity index (χ0v) is 14.4. The Morgan fingerprint density at radius 2 is 1.81 bits per heavy atom. The van der Waals surface area contributed by atoms with Crippen LogP contribution in [0.25, 0.3) is 0 Å². The Labute approximate surface area is 151 Å². The number of nitrogens with one attached hydrogen (secondary N) is 1. The van der Waals surface area contributed by atoms with Crippen LogP contribution in [-0.4, -0.2) is 30.0 Å². The van der Waals surface area contributed by atoms with Gasteiger partial charge in [0.25, 0.3) is 5.69 Å². The van der Waals surface area contributed by atoms with E-state index in [0.29, 0.717) is 18.4 Å². The quantitative estimate of drug-likeness (QED) is 0.445. The van der Waals surface area contributed by atoms with Gasteiger partial charge < -0.3 is 10.1 Å². The van der Waals surface area contributed by atoms with Crippen LogP contribution < -0.4 is 5.32 Å². The summed E-state index contributed by atoms with van der Waals surface area (Å²) in [6.45, 7) is 0. The normalized spacial score (nSPS) is 11.4. The second kappa shape index (κ2) is 9.31. The van der Waals surface area contributed by atoms with Gasteiger partial charge in [-0.25, -0.2) is 4.79 Å². The van der Waals surface area contributed by atoms with Crippen LogP contribution in [0.2, 0.25) is 0 Å². The average molecular weight is 356 g/mol. The van der Waals surface area contributed by atoms with Crippen LogP contribution in [0.5, 0.6) is 0 Å². The zero-order chi connectivity index (χ0) is 18.9. The van der Waals surface area contributed by atoms with E-state index in [1.54, 1.807) is 6.07 Å². The summed E-state index contributed by atoms with van der Waals surface area (Å²) in [5.74, 6) is -0.915. The van der Waals surface area contributed by atoms with Gasteiger partial charge in [0.15, 0.2) is 0 Å². The first kappa shape index (κ1) is 19.1. The predicted molar refractivity (Wildman–Crippen MR) is 95.5 cm³/mol. The first-order valence-corrected chi connectivity index (χ1v) is 8.14. The summed E-state index contributed by atoms with van der Waals surface area (Å²) in [6, 6.07) is 14.7. The van der Waals surface area contributed by atoms with E-state index in [2.05, 4.69) is 5.32 Å². The summed E-state index contributed by atoms with van der Waals surface area (Å²) in [7, 11) is 1.27. The molecule has 1 N–H and O–H groups in total. The van der Waals surface area contributed by atoms with Crippen molar-refractivity contribution in [2.75, 3.05) is 7.11 Å². The van der Waals surface area contributed by atoms with Crippen molar-refractivity contribution >= 4 is 17.6 Å². The number of amides is 1. The Morgan fingerprint density at radius 3 is 2.46 bits per heavy atom. The van der Waals surface area contributed by atoms with E-state index in [4.69, 9.17) is 4.74 Å². The number of aryl methyl sites for hydroxylation is 1. The smallest absolute Gasteiger partial charge is 0.328 e. The molecule has 7 heteroatoms. The lowest BCUT2D eigenvalue weighted by Crippen LogP contribution is -2.42. The van der Waals surface area contributed by atoms with Gasteiger partial charge in [0.05, 0.1) is 18.5 Å². The van der Waals surface area contributed by atoms with Crippen molar-refractivity contribution < 1.29 is 19.2 Å². The van der Waals surface area contributed by atoms with Crippen molar-refractivity contribution in [1.29, 1.82) is 0 Å². The minimum absolute atomic E-state index is 0.0550. The lowest BCUT2D eigenvalue weighted by molar-refractivity contribution is -0.384. The number of non-ortho nitro benzene ring substituents is 1. The van der Waals surface area contributed by atoms with E-state index < -0.39 is 22.8 Å². The molecule has 0 aliphatic carbocycles. The first-order chi connectivity index (χ1) is 12.5. The van der Waals surface area contributed by atoms with Crippen molar-refractivity contribution in [3.63, 3.8) is 0 Å². The van der Waals surface area contributed by atoms with Crippen LogP contribution in [-0.2, 0) is 27.2 Å². The number of hydrogen-bond acceptors (Lipinski definition) is 5. The average Bonchev–Trinajstić information content (AvgIpc) is 2.65. The first-order valence-electron chi connectivity index (χ1n) is 8.14. The van der Waals surface area contributed by atoms with Gasteiger partial charge in [0, 0.05) is 12.1 Å². The molecular formula is C19H20N2O5. The third-order valence-corrected chi connectivity index (χ3v) is 3.87. The molecule has 0 fully saturated rings. The van der Waals surface area contributed by atoms with Gasteiger partial charge in [-0.15, -0.1) is 0 Å². The lowest BCUT2D eigenvalue weighted by Gasteiger charge is -2.16. The molecule has 0 unspecified atom stereocenters. The predicted octanol–water partition coefficient (Wildman–Crippen LogP) is 2.43. The van der Waals surface area contributed by atoms with Crippen LogP contribution in [0.4, 0.5) is 5.69 Å². The summed E-state index contributed by atoms with van der Waals surface area (Å²) in [6.07, 6.45) is 0.954. The number of carbonyl (C=O) groups excluding carboxylic acids is 2. The molecule has 0 aromatic heterocycles. The van der Waals surface area contributed by atoms with Gasteiger partial charge in [0.2, 0.25) is 5.91 Å². The molecule has 2 aromatic carbocycles. The number of esters is 1. The van der Waals surface area contributed by atoms with Gasteiger partial charge in [0.1, 0.15) is 6.04 Å². The van der Waals surface area contributed by atoms with Gasteiger partial charge in [-0.2, -0.15) is 0 Å². The molecule has 1 amide bonds. The SMILES string of the molecule is COC(=O)[C@H](CCc1ccccc1)NC(=O)Cc1cccc([N+](=O)[O-])c1. The fraction of sp³-hybridized carbons (Fsp3) is 0.263. The third-order valence-electron chi connectivity index (χ3n) is 3.87. The lowest BCUT2D eigenvalue weighted by atomic mass is 10.0. The van der Waals surface area contributed by atoms with Crippen LogP contribution in [0.15, 0.2) is 54.6 Å². The van der Waals surface area contributed by atoms with Gasteiger partial charge >= 0.3 is 5.97 Å². The molecule has 0 aliphatic heterocycles. The van der Waals surface area contributed by atoms with Gasteiger partial charge in [-0.1, -0.05) is 42.5 Å². The van der Waals surface area contributed by atoms with E-state index in [-0.39, 0.29) is 12.1 Å². The van der Waals surface area contributed by atoms with Crippen LogP contribution in [0, 0.1) is 10.1 Å². The standard InChI is InChI=1S/C19H20N2O5/c1-26-19(23)17(11-10-14-6-3-2-4-7-14)20-18(22)13-15-8-5-9-16(12-15)21(24)25/h2-9,12,17H,10-11,13H2,1H3,(H,20,22)/t17-/m0/s1. The molecule has 0 bridgehead atoms. The fourth-order valence-corrected chi connectivity index (χ4v) is 2.56. The Hall–Kier alpha value is -3.22. The number of hydrogen-bond donors (Lipinski definition) is 1. The van der Waals surface area contributed by atoms with Crippen molar-refractivity contribution in [1.82, 2.24) is 5.32 Å². The largest absolute Gasteiger partial charge is 0.467 e. The molecule has 0 aliphatic rings. The van der Waals surface area contributed by atoms with Crippen LogP contribution in [0.1, 0.15) is 17.5 Å². The molecule has 1 atom stereocenters. The topological polar surface area (TPSA) is 98.5 Å². The number of carbonyl (C=O) groups is 2. The van der Waals surface area contributed by atoms with Crippen LogP contribution in [0.3, 0.4) is 0 Å². The maximum absolute atomic E-state index is 12.2. The van der Waals surface area contributed by atoms with Crippen molar-refractivity contribution in [2.24, 2.45) is 0 Å². The molecule has 2 rings (SSSR count). The maximum Gasteiger partial charge on any atom is 0.328 e. The van der Waals surface area contributed by atoms with Crippen LogP contribution >= 0.6 is 0 Å². The number of methoxy groups -OCH3 is 1. The molecule has 136 valence electrons. The minimum atomic E-state index is -0.772. The highest BCUT2D eigenvalue weighted by Gasteiger charge is 2.21. The summed E-state index contributed by atoms with van der Waals surface area (Å²) in [4.78, 5) is 34.5. The van der Waals surface area contributed by atoms with E-state index in [1.165, 1.54) is 25.3 Å². The highest BCUT2D eigenvalue weighted by atomic mass is 16.6. The van der Waals surface area contributed by atoms with Gasteiger partial charge in [-0.05, 0) is 24.0 Å². The number of benzene rings is 2. The monoisotopic (exact) mass is 356 g/mol. The fourth-order valence-electron chi connectivity index (χ4n) is 2.56. The van der Waals surface area contributed by atoms with E-state index >= 15 is 0 Å². The Kier molecular flexibility index (Phi) is 6.84.